The predicted octanol–water partition coefficient (Wildman–Crippen LogP) is 1.28. The second-order valence-corrected chi connectivity index (χ2v) is 3.59. The van der Waals surface area contributed by atoms with Gasteiger partial charge in [-0.1, -0.05) is 20.3 Å². The largest absolute Gasteiger partial charge is 0.356 e. The Labute approximate surface area is 81.1 Å². The first kappa shape index (κ1) is 12.4. The van der Waals surface area contributed by atoms with Crippen LogP contribution < -0.4 is 11.1 Å². The highest BCUT2D eigenvalue weighted by Gasteiger charge is 2.03. The molecule has 0 aromatic carbocycles. The van der Waals surface area contributed by atoms with E-state index in [-0.39, 0.29) is 5.91 Å². The zero-order valence-corrected chi connectivity index (χ0v) is 8.81. The number of nitrogens with two attached hydrogens (primary N) is 1. The molecule has 0 fully saturated rings. The number of carbonyl (C=O) groups excluding carboxylic acids is 1. The summed E-state index contributed by atoms with van der Waals surface area (Å²) in [7, 11) is 0. The maximum Gasteiger partial charge on any atom is 0.220 e. The third kappa shape index (κ3) is 7.78. The molecule has 13 heavy (non-hydrogen) atoms. The van der Waals surface area contributed by atoms with Crippen LogP contribution in [0.5, 0.6) is 0 Å². The molecule has 0 saturated heterocycles. The Hall–Kier alpha value is -0.570. The summed E-state index contributed by atoms with van der Waals surface area (Å²) in [6, 6.07) is 0. The lowest BCUT2D eigenvalue weighted by Gasteiger charge is -2.10. The molecule has 0 radical (unpaired) electrons. The molecule has 1 amide bonds. The highest BCUT2D eigenvalue weighted by Crippen LogP contribution is 1.98. The SMILES string of the molecule is CCCCC(=O)NCC(C)CCN. The number of nitrogens with one attached hydrogen (secondary N) is 1. The molecule has 3 heteroatoms. The average Bonchev–Trinajstić information content (AvgIpc) is 2.12. The molecule has 0 rings (SSSR count). The van der Waals surface area contributed by atoms with Gasteiger partial charge in [-0.25, -0.2) is 0 Å². The summed E-state index contributed by atoms with van der Waals surface area (Å²) in [6.45, 7) is 5.66. The quantitative estimate of drug-likeness (QED) is 0.629. The Balaban J connectivity index is 3.34. The van der Waals surface area contributed by atoms with E-state index in [1.54, 1.807) is 0 Å². The minimum Gasteiger partial charge on any atom is -0.356 e. The van der Waals surface area contributed by atoms with Gasteiger partial charge in [0.1, 0.15) is 0 Å². The van der Waals surface area contributed by atoms with Crippen molar-refractivity contribution < 1.29 is 4.79 Å². The fourth-order valence-corrected chi connectivity index (χ4v) is 1.10. The Bertz CT molecular complexity index is 137. The monoisotopic (exact) mass is 186 g/mol. The van der Waals surface area contributed by atoms with Crippen LogP contribution in [0.1, 0.15) is 39.5 Å². The predicted molar refractivity (Wildman–Crippen MR) is 55.4 cm³/mol. The van der Waals surface area contributed by atoms with Gasteiger partial charge >= 0.3 is 0 Å². The van der Waals surface area contributed by atoms with Crippen LogP contribution in [0, 0.1) is 5.92 Å². The molecule has 0 aromatic heterocycles. The summed E-state index contributed by atoms with van der Waals surface area (Å²) >= 11 is 0. The van der Waals surface area contributed by atoms with Crippen molar-refractivity contribution in [2.75, 3.05) is 13.1 Å². The number of amides is 1. The molecule has 1 atom stereocenters. The van der Waals surface area contributed by atoms with Crippen LogP contribution in [0.25, 0.3) is 0 Å². The van der Waals surface area contributed by atoms with Crippen molar-refractivity contribution in [2.24, 2.45) is 11.7 Å². The first-order valence-corrected chi connectivity index (χ1v) is 5.17. The van der Waals surface area contributed by atoms with Crippen molar-refractivity contribution in [1.29, 1.82) is 0 Å². The van der Waals surface area contributed by atoms with Gasteiger partial charge in [0.15, 0.2) is 0 Å². The van der Waals surface area contributed by atoms with Crippen molar-refractivity contribution in [3.63, 3.8) is 0 Å². The molecule has 1 unspecified atom stereocenters. The fraction of sp³-hybridized carbons (Fsp3) is 0.900. The van der Waals surface area contributed by atoms with E-state index >= 15 is 0 Å². The Morgan fingerprint density at radius 3 is 2.77 bits per heavy atom. The maximum atomic E-state index is 11.2. The normalized spacial score (nSPS) is 12.5. The summed E-state index contributed by atoms with van der Waals surface area (Å²) in [6.07, 6.45) is 3.70. The molecule has 0 saturated carbocycles. The van der Waals surface area contributed by atoms with Crippen molar-refractivity contribution in [3.8, 4) is 0 Å². The van der Waals surface area contributed by atoms with E-state index < -0.39 is 0 Å². The smallest absolute Gasteiger partial charge is 0.220 e. The first-order chi connectivity index (χ1) is 6.20. The van der Waals surface area contributed by atoms with Gasteiger partial charge in [-0.05, 0) is 25.3 Å². The fourth-order valence-electron chi connectivity index (χ4n) is 1.10. The number of hydrogen-bond donors (Lipinski definition) is 2. The first-order valence-electron chi connectivity index (χ1n) is 5.17. The van der Waals surface area contributed by atoms with Gasteiger partial charge in [0.25, 0.3) is 0 Å². The number of rotatable bonds is 7. The molecule has 0 heterocycles. The molecule has 0 aliphatic heterocycles. The lowest BCUT2D eigenvalue weighted by atomic mass is 10.1. The van der Waals surface area contributed by atoms with E-state index in [4.69, 9.17) is 5.73 Å². The molecular weight excluding hydrogens is 164 g/mol. The second-order valence-electron chi connectivity index (χ2n) is 3.59. The molecular formula is C10H22N2O. The van der Waals surface area contributed by atoms with E-state index in [2.05, 4.69) is 19.2 Å². The van der Waals surface area contributed by atoms with Gasteiger partial charge in [0.2, 0.25) is 5.91 Å². The Kier molecular flexibility index (Phi) is 7.69. The number of hydrogen-bond acceptors (Lipinski definition) is 2. The van der Waals surface area contributed by atoms with Gasteiger partial charge in [0, 0.05) is 13.0 Å². The topological polar surface area (TPSA) is 55.1 Å². The molecule has 0 aromatic rings. The van der Waals surface area contributed by atoms with Crippen molar-refractivity contribution >= 4 is 5.91 Å². The third-order valence-corrected chi connectivity index (χ3v) is 2.06. The number of carbonyl (C=O) groups is 1. The zero-order valence-electron chi connectivity index (χ0n) is 8.81. The average molecular weight is 186 g/mol. The van der Waals surface area contributed by atoms with Crippen molar-refractivity contribution in [1.82, 2.24) is 5.32 Å². The zero-order chi connectivity index (χ0) is 10.1. The van der Waals surface area contributed by atoms with Crippen LogP contribution in [0.3, 0.4) is 0 Å². The van der Waals surface area contributed by atoms with Crippen LogP contribution in [0.15, 0.2) is 0 Å². The summed E-state index contributed by atoms with van der Waals surface area (Å²) in [5, 5.41) is 2.91. The molecule has 78 valence electrons. The van der Waals surface area contributed by atoms with Crippen LogP contribution in [-0.2, 0) is 4.79 Å². The van der Waals surface area contributed by atoms with Gasteiger partial charge in [-0.15, -0.1) is 0 Å². The molecule has 0 aliphatic carbocycles. The summed E-state index contributed by atoms with van der Waals surface area (Å²) in [5.74, 6) is 0.668. The standard InChI is InChI=1S/C10H22N2O/c1-3-4-5-10(13)12-8-9(2)6-7-11/h9H,3-8,11H2,1-2H3,(H,12,13). The lowest BCUT2D eigenvalue weighted by molar-refractivity contribution is -0.121. The van der Waals surface area contributed by atoms with E-state index in [1.165, 1.54) is 0 Å². The Morgan fingerprint density at radius 1 is 1.54 bits per heavy atom. The van der Waals surface area contributed by atoms with Crippen LogP contribution in [-0.4, -0.2) is 19.0 Å². The third-order valence-electron chi connectivity index (χ3n) is 2.06. The molecule has 3 nitrogen and oxygen atoms in total. The highest BCUT2D eigenvalue weighted by atomic mass is 16.1. The summed E-state index contributed by atoms with van der Waals surface area (Å²) < 4.78 is 0. The van der Waals surface area contributed by atoms with Gasteiger partial charge in [0.05, 0.1) is 0 Å². The van der Waals surface area contributed by atoms with E-state index in [0.29, 0.717) is 18.9 Å². The van der Waals surface area contributed by atoms with Gasteiger partial charge in [-0.3, -0.25) is 4.79 Å². The second kappa shape index (κ2) is 8.05. The van der Waals surface area contributed by atoms with Crippen molar-refractivity contribution in [2.45, 2.75) is 39.5 Å². The maximum absolute atomic E-state index is 11.2. The van der Waals surface area contributed by atoms with E-state index in [9.17, 15) is 4.79 Å². The highest BCUT2D eigenvalue weighted by molar-refractivity contribution is 5.75. The molecule has 0 spiro atoms. The van der Waals surface area contributed by atoms with Crippen LogP contribution >= 0.6 is 0 Å². The minimum atomic E-state index is 0.172. The molecule has 3 N–H and O–H groups in total. The summed E-state index contributed by atoms with van der Waals surface area (Å²) in [5.41, 5.74) is 5.40. The van der Waals surface area contributed by atoms with Crippen LogP contribution in [0.2, 0.25) is 0 Å². The van der Waals surface area contributed by atoms with Gasteiger partial charge in [-0.2, -0.15) is 0 Å². The van der Waals surface area contributed by atoms with E-state index in [0.717, 1.165) is 25.8 Å². The molecule has 0 aliphatic rings. The Morgan fingerprint density at radius 2 is 2.23 bits per heavy atom. The lowest BCUT2D eigenvalue weighted by Crippen LogP contribution is -2.28. The minimum absolute atomic E-state index is 0.172. The molecule has 0 bridgehead atoms. The van der Waals surface area contributed by atoms with Gasteiger partial charge < -0.3 is 11.1 Å². The summed E-state index contributed by atoms with van der Waals surface area (Å²) in [4.78, 5) is 11.2. The number of unbranched alkanes of at least 4 members (excludes halogenated alkanes) is 1. The van der Waals surface area contributed by atoms with Crippen LogP contribution in [0.4, 0.5) is 0 Å². The van der Waals surface area contributed by atoms with Crippen molar-refractivity contribution in [3.05, 3.63) is 0 Å². The van der Waals surface area contributed by atoms with E-state index in [1.807, 2.05) is 0 Å².